The van der Waals surface area contributed by atoms with E-state index in [9.17, 15) is 19.7 Å². The Morgan fingerprint density at radius 1 is 1.19 bits per heavy atom. The number of hydrogen-bond acceptors (Lipinski definition) is 5. The lowest BCUT2D eigenvalue weighted by atomic mass is 10.1. The van der Waals surface area contributed by atoms with Gasteiger partial charge in [0.15, 0.2) is 5.78 Å². The van der Waals surface area contributed by atoms with E-state index >= 15 is 0 Å². The number of Topliss-reactive ketones (excluding diaryl/α,β-unsaturated/α-hetero) is 1. The van der Waals surface area contributed by atoms with Crippen molar-refractivity contribution in [2.75, 3.05) is 23.8 Å². The number of nitro groups is 1. The van der Waals surface area contributed by atoms with Crippen molar-refractivity contribution < 1.29 is 14.5 Å². The topological polar surface area (TPSA) is 92.6 Å². The highest BCUT2D eigenvalue weighted by atomic mass is 16.6. The van der Waals surface area contributed by atoms with Gasteiger partial charge in [-0.1, -0.05) is 12.1 Å². The van der Waals surface area contributed by atoms with E-state index in [0.29, 0.717) is 5.69 Å². The number of nitrogens with zero attached hydrogens (tertiary/aromatic N) is 2. The van der Waals surface area contributed by atoms with E-state index in [4.69, 9.17) is 0 Å². The molecule has 0 heterocycles. The Morgan fingerprint density at radius 3 is 2.50 bits per heavy atom. The summed E-state index contributed by atoms with van der Waals surface area (Å²) in [5, 5.41) is 14.2. The fourth-order valence-electron chi connectivity index (χ4n) is 2.59. The Bertz CT molecular complexity index is 877. The Labute approximate surface area is 151 Å². The Hall–Kier alpha value is -3.22. The predicted molar refractivity (Wildman–Crippen MR) is 101 cm³/mol. The minimum absolute atomic E-state index is 0.0619. The molecule has 0 fully saturated rings. The maximum Gasteiger partial charge on any atom is 0.293 e. The van der Waals surface area contributed by atoms with Crippen LogP contribution in [0.2, 0.25) is 0 Å². The van der Waals surface area contributed by atoms with E-state index in [1.807, 2.05) is 32.0 Å². The minimum atomic E-state index is -0.555. The van der Waals surface area contributed by atoms with E-state index in [0.717, 1.165) is 11.1 Å². The van der Waals surface area contributed by atoms with Crippen LogP contribution in [0.25, 0.3) is 0 Å². The molecule has 7 heteroatoms. The zero-order valence-corrected chi connectivity index (χ0v) is 15.2. The third kappa shape index (κ3) is 4.24. The number of anilines is 2. The Morgan fingerprint density at radius 2 is 1.88 bits per heavy atom. The van der Waals surface area contributed by atoms with Crippen molar-refractivity contribution in [1.29, 1.82) is 0 Å². The number of nitro benzene ring substituents is 1. The van der Waals surface area contributed by atoms with Gasteiger partial charge >= 0.3 is 0 Å². The van der Waals surface area contributed by atoms with Gasteiger partial charge in [-0.15, -0.1) is 0 Å². The molecule has 2 rings (SSSR count). The largest absolute Gasteiger partial charge is 0.360 e. The molecule has 2 aromatic carbocycles. The average Bonchev–Trinajstić information content (AvgIpc) is 2.58. The van der Waals surface area contributed by atoms with Crippen LogP contribution in [0, 0.1) is 24.0 Å². The monoisotopic (exact) mass is 355 g/mol. The predicted octanol–water partition coefficient (Wildman–Crippen LogP) is 3.49. The van der Waals surface area contributed by atoms with E-state index in [1.54, 1.807) is 7.05 Å². The van der Waals surface area contributed by atoms with Crippen molar-refractivity contribution in [2.45, 2.75) is 20.8 Å². The molecule has 0 spiro atoms. The molecule has 1 N–H and O–H groups in total. The van der Waals surface area contributed by atoms with Gasteiger partial charge in [0.1, 0.15) is 5.69 Å². The van der Waals surface area contributed by atoms with Gasteiger partial charge < -0.3 is 10.2 Å². The first-order valence-electron chi connectivity index (χ1n) is 8.07. The molecule has 136 valence electrons. The van der Waals surface area contributed by atoms with Gasteiger partial charge in [-0.2, -0.15) is 0 Å². The summed E-state index contributed by atoms with van der Waals surface area (Å²) < 4.78 is 0. The second-order valence-corrected chi connectivity index (χ2v) is 6.17. The van der Waals surface area contributed by atoms with Gasteiger partial charge in [0.05, 0.1) is 11.5 Å². The first-order valence-corrected chi connectivity index (χ1v) is 8.07. The van der Waals surface area contributed by atoms with Gasteiger partial charge in [-0.25, -0.2) is 0 Å². The van der Waals surface area contributed by atoms with Crippen molar-refractivity contribution in [3.63, 3.8) is 0 Å². The number of amides is 1. The smallest absolute Gasteiger partial charge is 0.293 e. The molecule has 7 nitrogen and oxygen atoms in total. The second kappa shape index (κ2) is 7.77. The van der Waals surface area contributed by atoms with Crippen molar-refractivity contribution in [1.82, 2.24) is 0 Å². The zero-order chi connectivity index (χ0) is 19.4. The SMILES string of the molecule is CC(=O)c1ccc(N(C)CC(=O)Nc2cccc(C)c2C)c([N+](=O)[O-])c1. The van der Waals surface area contributed by atoms with E-state index < -0.39 is 4.92 Å². The van der Waals surface area contributed by atoms with Crippen LogP contribution in [0.3, 0.4) is 0 Å². The molecule has 26 heavy (non-hydrogen) atoms. The highest BCUT2D eigenvalue weighted by molar-refractivity contribution is 5.97. The third-order valence-electron chi connectivity index (χ3n) is 4.25. The van der Waals surface area contributed by atoms with Crippen molar-refractivity contribution in [3.8, 4) is 0 Å². The quantitative estimate of drug-likeness (QED) is 0.486. The molecule has 0 aliphatic carbocycles. The number of carbonyl (C=O) groups is 2. The molecular formula is C19H21N3O4. The van der Waals surface area contributed by atoms with Gasteiger partial charge in [-0.05, 0) is 50.1 Å². The number of likely N-dealkylation sites (N-methyl/N-ethyl adjacent to an activating group) is 1. The fraction of sp³-hybridized carbons (Fsp3) is 0.263. The summed E-state index contributed by atoms with van der Waals surface area (Å²) in [6.07, 6.45) is 0. The maximum absolute atomic E-state index is 12.3. The highest BCUT2D eigenvalue weighted by Crippen LogP contribution is 2.28. The van der Waals surface area contributed by atoms with Crippen LogP contribution in [0.5, 0.6) is 0 Å². The van der Waals surface area contributed by atoms with Crippen LogP contribution >= 0.6 is 0 Å². The average molecular weight is 355 g/mol. The van der Waals surface area contributed by atoms with Gasteiger partial charge in [0.25, 0.3) is 5.69 Å². The molecule has 0 aromatic heterocycles. The minimum Gasteiger partial charge on any atom is -0.360 e. The number of aryl methyl sites for hydroxylation is 1. The molecule has 1 amide bonds. The summed E-state index contributed by atoms with van der Waals surface area (Å²) >= 11 is 0. The first-order chi connectivity index (χ1) is 12.2. The normalized spacial score (nSPS) is 10.3. The molecule has 0 saturated carbocycles. The summed E-state index contributed by atoms with van der Waals surface area (Å²) in [6, 6.07) is 9.86. The van der Waals surface area contributed by atoms with Crippen LogP contribution in [-0.2, 0) is 4.79 Å². The van der Waals surface area contributed by atoms with Crippen molar-refractivity contribution in [2.24, 2.45) is 0 Å². The van der Waals surface area contributed by atoms with E-state index in [2.05, 4.69) is 5.32 Å². The Balaban J connectivity index is 2.20. The number of ketones is 1. The lowest BCUT2D eigenvalue weighted by molar-refractivity contribution is -0.384. The number of hydrogen-bond donors (Lipinski definition) is 1. The van der Waals surface area contributed by atoms with Crippen LogP contribution in [0.15, 0.2) is 36.4 Å². The molecule has 0 atom stereocenters. The van der Waals surface area contributed by atoms with Crippen LogP contribution in [0.4, 0.5) is 17.1 Å². The third-order valence-corrected chi connectivity index (χ3v) is 4.25. The molecular weight excluding hydrogens is 334 g/mol. The summed E-state index contributed by atoms with van der Waals surface area (Å²) in [5.74, 6) is -0.541. The number of nitrogens with one attached hydrogen (secondary N) is 1. The summed E-state index contributed by atoms with van der Waals surface area (Å²) in [6.45, 7) is 5.16. The van der Waals surface area contributed by atoms with Crippen LogP contribution in [0.1, 0.15) is 28.4 Å². The van der Waals surface area contributed by atoms with Gasteiger partial charge in [0, 0.05) is 24.4 Å². The summed E-state index contributed by atoms with van der Waals surface area (Å²) in [7, 11) is 1.60. The molecule has 0 bridgehead atoms. The summed E-state index contributed by atoms with van der Waals surface area (Å²) in [4.78, 5) is 36.0. The second-order valence-electron chi connectivity index (χ2n) is 6.17. The van der Waals surface area contributed by atoms with Crippen LogP contribution < -0.4 is 10.2 Å². The maximum atomic E-state index is 12.3. The standard InChI is InChI=1S/C19H21N3O4/c1-12-6-5-7-16(13(12)2)20-19(24)11-21(4)17-9-8-15(14(3)23)10-18(17)22(25)26/h5-10H,11H2,1-4H3,(H,20,24). The lowest BCUT2D eigenvalue weighted by Crippen LogP contribution is -2.30. The number of carbonyl (C=O) groups excluding carboxylic acids is 2. The molecule has 0 unspecified atom stereocenters. The first kappa shape index (κ1) is 19.1. The van der Waals surface area contributed by atoms with Gasteiger partial charge in [0.2, 0.25) is 5.91 Å². The lowest BCUT2D eigenvalue weighted by Gasteiger charge is -2.19. The fourth-order valence-corrected chi connectivity index (χ4v) is 2.59. The van der Waals surface area contributed by atoms with E-state index in [-0.39, 0.29) is 35.2 Å². The van der Waals surface area contributed by atoms with Crippen molar-refractivity contribution in [3.05, 3.63) is 63.2 Å². The molecule has 0 radical (unpaired) electrons. The molecule has 0 aliphatic heterocycles. The van der Waals surface area contributed by atoms with E-state index in [1.165, 1.54) is 30.0 Å². The van der Waals surface area contributed by atoms with Crippen molar-refractivity contribution >= 4 is 28.8 Å². The zero-order valence-electron chi connectivity index (χ0n) is 15.2. The Kier molecular flexibility index (Phi) is 5.71. The number of rotatable bonds is 6. The summed E-state index contributed by atoms with van der Waals surface area (Å²) in [5.41, 5.74) is 3.07. The molecule has 0 aliphatic rings. The highest BCUT2D eigenvalue weighted by Gasteiger charge is 2.20. The number of benzene rings is 2. The molecule has 2 aromatic rings. The van der Waals surface area contributed by atoms with Gasteiger partial charge in [-0.3, -0.25) is 19.7 Å². The van der Waals surface area contributed by atoms with Crippen LogP contribution in [-0.4, -0.2) is 30.2 Å². The molecule has 0 saturated heterocycles.